The number of carbonyl (C=O) groups is 1. The third-order valence-corrected chi connectivity index (χ3v) is 1.67. The largest absolute Gasteiger partial charge is 0.449 e. The molecule has 0 saturated carbocycles. The number of hydrogen-bond donors (Lipinski definition) is 1. The van der Waals surface area contributed by atoms with E-state index in [-0.39, 0.29) is 0 Å². The molecule has 1 aromatic rings. The molecule has 4 heteroatoms. The molecular weight excluding hydrogens is 180 g/mol. The first-order valence-corrected chi connectivity index (χ1v) is 4.59. The van der Waals surface area contributed by atoms with Crippen LogP contribution in [0.15, 0.2) is 18.3 Å². The molecule has 0 fully saturated rings. The SMILES string of the molecule is CCCOC(=O)Nc1ncccc1C. The van der Waals surface area contributed by atoms with Crippen molar-refractivity contribution in [2.75, 3.05) is 11.9 Å². The van der Waals surface area contributed by atoms with E-state index in [2.05, 4.69) is 10.3 Å². The lowest BCUT2D eigenvalue weighted by atomic mass is 10.3. The van der Waals surface area contributed by atoms with Crippen LogP contribution < -0.4 is 5.32 Å². The Morgan fingerprint density at radius 3 is 3.07 bits per heavy atom. The Labute approximate surface area is 83.3 Å². The van der Waals surface area contributed by atoms with Crippen LogP contribution in [0.3, 0.4) is 0 Å². The summed E-state index contributed by atoms with van der Waals surface area (Å²) in [5.74, 6) is 0.550. The highest BCUT2D eigenvalue weighted by atomic mass is 16.5. The fraction of sp³-hybridized carbons (Fsp3) is 0.400. The maximum absolute atomic E-state index is 11.2. The highest BCUT2D eigenvalue weighted by molar-refractivity contribution is 5.84. The van der Waals surface area contributed by atoms with Crippen LogP contribution in [0.1, 0.15) is 18.9 Å². The number of rotatable bonds is 3. The van der Waals surface area contributed by atoms with Gasteiger partial charge in [0.25, 0.3) is 0 Å². The minimum Gasteiger partial charge on any atom is -0.449 e. The van der Waals surface area contributed by atoms with E-state index >= 15 is 0 Å². The van der Waals surface area contributed by atoms with Crippen LogP contribution in [0, 0.1) is 6.92 Å². The fourth-order valence-electron chi connectivity index (χ4n) is 0.944. The van der Waals surface area contributed by atoms with Crippen molar-refractivity contribution >= 4 is 11.9 Å². The van der Waals surface area contributed by atoms with Crippen molar-refractivity contribution in [3.05, 3.63) is 23.9 Å². The second-order valence-electron chi connectivity index (χ2n) is 2.93. The lowest BCUT2D eigenvalue weighted by Gasteiger charge is -2.06. The van der Waals surface area contributed by atoms with Crippen LogP contribution in [-0.4, -0.2) is 17.7 Å². The van der Waals surface area contributed by atoms with Gasteiger partial charge in [-0.3, -0.25) is 5.32 Å². The van der Waals surface area contributed by atoms with E-state index in [1.807, 2.05) is 26.0 Å². The molecule has 4 nitrogen and oxygen atoms in total. The number of aromatic nitrogens is 1. The van der Waals surface area contributed by atoms with E-state index in [9.17, 15) is 4.79 Å². The molecule has 0 saturated heterocycles. The molecule has 0 spiro atoms. The summed E-state index contributed by atoms with van der Waals surface area (Å²) < 4.78 is 4.86. The zero-order valence-corrected chi connectivity index (χ0v) is 8.41. The highest BCUT2D eigenvalue weighted by Crippen LogP contribution is 2.09. The van der Waals surface area contributed by atoms with Crippen molar-refractivity contribution in [1.82, 2.24) is 4.98 Å². The zero-order valence-electron chi connectivity index (χ0n) is 8.41. The summed E-state index contributed by atoms with van der Waals surface area (Å²) in [5, 5.41) is 2.57. The van der Waals surface area contributed by atoms with E-state index in [4.69, 9.17) is 4.74 Å². The van der Waals surface area contributed by atoms with Crippen molar-refractivity contribution in [2.45, 2.75) is 20.3 Å². The molecular formula is C10H14N2O2. The molecule has 1 heterocycles. The van der Waals surface area contributed by atoms with Gasteiger partial charge in [-0.15, -0.1) is 0 Å². The summed E-state index contributed by atoms with van der Waals surface area (Å²) in [6.07, 6.45) is 1.99. The van der Waals surface area contributed by atoms with Gasteiger partial charge in [-0.25, -0.2) is 9.78 Å². The van der Waals surface area contributed by atoms with Gasteiger partial charge in [0.1, 0.15) is 5.82 Å². The first kappa shape index (κ1) is 10.5. The summed E-state index contributed by atoms with van der Waals surface area (Å²) in [7, 11) is 0. The molecule has 0 aliphatic rings. The number of aryl methyl sites for hydroxylation is 1. The number of amides is 1. The first-order chi connectivity index (χ1) is 6.74. The third-order valence-electron chi connectivity index (χ3n) is 1.67. The smallest absolute Gasteiger partial charge is 0.412 e. The minimum absolute atomic E-state index is 0.428. The molecule has 14 heavy (non-hydrogen) atoms. The van der Waals surface area contributed by atoms with Gasteiger partial charge in [0.15, 0.2) is 0 Å². The van der Waals surface area contributed by atoms with Crippen LogP contribution in [-0.2, 0) is 4.74 Å². The normalized spacial score (nSPS) is 9.57. The Kier molecular flexibility index (Phi) is 3.91. The molecule has 0 aliphatic carbocycles. The van der Waals surface area contributed by atoms with Crippen molar-refractivity contribution < 1.29 is 9.53 Å². The van der Waals surface area contributed by atoms with E-state index in [1.165, 1.54) is 0 Å². The number of carbonyl (C=O) groups excluding carboxylic acids is 1. The van der Waals surface area contributed by atoms with Gasteiger partial charge >= 0.3 is 6.09 Å². The van der Waals surface area contributed by atoms with Crippen molar-refractivity contribution in [3.8, 4) is 0 Å². The molecule has 0 aliphatic heterocycles. The van der Waals surface area contributed by atoms with E-state index in [0.717, 1.165) is 12.0 Å². The molecule has 0 radical (unpaired) electrons. The maximum atomic E-state index is 11.2. The average Bonchev–Trinajstić information content (AvgIpc) is 2.18. The third kappa shape index (κ3) is 3.05. The standard InChI is InChI=1S/C10H14N2O2/c1-3-7-14-10(13)12-9-8(2)5-4-6-11-9/h4-6H,3,7H2,1-2H3,(H,11,12,13). The lowest BCUT2D eigenvalue weighted by molar-refractivity contribution is 0.161. The molecule has 0 aromatic carbocycles. The summed E-state index contributed by atoms with van der Waals surface area (Å²) >= 11 is 0. The number of hydrogen-bond acceptors (Lipinski definition) is 3. The van der Waals surface area contributed by atoms with Crippen LogP contribution in [0.5, 0.6) is 0 Å². The quantitative estimate of drug-likeness (QED) is 0.803. The number of nitrogens with one attached hydrogen (secondary N) is 1. The van der Waals surface area contributed by atoms with Crippen molar-refractivity contribution in [1.29, 1.82) is 0 Å². The highest BCUT2D eigenvalue weighted by Gasteiger charge is 2.04. The Morgan fingerprint density at radius 2 is 2.43 bits per heavy atom. The summed E-state index contributed by atoms with van der Waals surface area (Å²) in [5.41, 5.74) is 0.918. The van der Waals surface area contributed by atoms with E-state index in [1.54, 1.807) is 6.20 Å². The predicted octanol–water partition coefficient (Wildman–Crippen LogP) is 2.35. The van der Waals surface area contributed by atoms with Crippen LogP contribution in [0.4, 0.5) is 10.6 Å². The Morgan fingerprint density at radius 1 is 1.64 bits per heavy atom. The number of nitrogens with zero attached hydrogens (tertiary/aromatic N) is 1. The number of ether oxygens (including phenoxy) is 1. The molecule has 0 bridgehead atoms. The predicted molar refractivity (Wildman–Crippen MR) is 54.2 cm³/mol. The van der Waals surface area contributed by atoms with Crippen LogP contribution in [0.2, 0.25) is 0 Å². The van der Waals surface area contributed by atoms with Gasteiger partial charge in [0.2, 0.25) is 0 Å². The lowest BCUT2D eigenvalue weighted by Crippen LogP contribution is -2.15. The van der Waals surface area contributed by atoms with Gasteiger partial charge in [0.05, 0.1) is 6.61 Å². The average molecular weight is 194 g/mol. The summed E-state index contributed by atoms with van der Waals surface area (Å²) in [6.45, 7) is 4.25. The minimum atomic E-state index is -0.450. The molecule has 0 unspecified atom stereocenters. The Balaban J connectivity index is 2.52. The van der Waals surface area contributed by atoms with Crippen molar-refractivity contribution in [3.63, 3.8) is 0 Å². The molecule has 0 atom stereocenters. The molecule has 1 amide bonds. The van der Waals surface area contributed by atoms with E-state index in [0.29, 0.717) is 12.4 Å². The van der Waals surface area contributed by atoms with E-state index < -0.39 is 6.09 Å². The van der Waals surface area contributed by atoms with Crippen LogP contribution >= 0.6 is 0 Å². The Bertz CT molecular complexity index is 313. The van der Waals surface area contributed by atoms with Gasteiger partial charge in [-0.05, 0) is 25.0 Å². The zero-order chi connectivity index (χ0) is 10.4. The number of pyridine rings is 1. The van der Waals surface area contributed by atoms with Crippen LogP contribution in [0.25, 0.3) is 0 Å². The molecule has 1 rings (SSSR count). The molecule has 1 N–H and O–H groups in total. The topological polar surface area (TPSA) is 51.2 Å². The van der Waals surface area contributed by atoms with Gasteiger partial charge in [-0.2, -0.15) is 0 Å². The fourth-order valence-corrected chi connectivity index (χ4v) is 0.944. The van der Waals surface area contributed by atoms with Gasteiger partial charge < -0.3 is 4.74 Å². The number of anilines is 1. The van der Waals surface area contributed by atoms with Gasteiger partial charge in [-0.1, -0.05) is 13.0 Å². The summed E-state index contributed by atoms with van der Waals surface area (Å²) in [6, 6.07) is 3.69. The van der Waals surface area contributed by atoms with Gasteiger partial charge in [0, 0.05) is 6.20 Å². The first-order valence-electron chi connectivity index (χ1n) is 4.59. The molecule has 76 valence electrons. The maximum Gasteiger partial charge on any atom is 0.412 e. The second kappa shape index (κ2) is 5.21. The Hall–Kier alpha value is -1.58. The summed E-state index contributed by atoms with van der Waals surface area (Å²) in [4.78, 5) is 15.2. The molecule has 1 aromatic heterocycles. The second-order valence-corrected chi connectivity index (χ2v) is 2.93. The monoisotopic (exact) mass is 194 g/mol. The van der Waals surface area contributed by atoms with Crippen molar-refractivity contribution in [2.24, 2.45) is 0 Å².